The Morgan fingerprint density at radius 3 is 2.04 bits per heavy atom. The Balaban J connectivity index is 0.992. The maximum Gasteiger partial charge on any atom is 0.412 e. The molecule has 0 N–H and O–H groups in total. The van der Waals surface area contributed by atoms with E-state index in [1.54, 1.807) is 6.07 Å². The van der Waals surface area contributed by atoms with E-state index in [9.17, 15) is 19.2 Å². The summed E-state index contributed by atoms with van der Waals surface area (Å²) in [6.07, 6.45) is 5.11. The molecule has 2 saturated heterocycles. The molecule has 2 aliphatic heterocycles. The van der Waals surface area contributed by atoms with Gasteiger partial charge in [0.2, 0.25) is 13.6 Å². The van der Waals surface area contributed by atoms with Gasteiger partial charge in [-0.15, -0.1) is 0 Å². The van der Waals surface area contributed by atoms with E-state index >= 15 is 0 Å². The fourth-order valence-electron chi connectivity index (χ4n) is 5.88. The van der Waals surface area contributed by atoms with Gasteiger partial charge in [-0.1, -0.05) is 18.2 Å². The quantitative estimate of drug-likeness (QED) is 0.153. The van der Waals surface area contributed by atoms with Crippen molar-refractivity contribution >= 4 is 24.0 Å². The van der Waals surface area contributed by atoms with Crippen molar-refractivity contribution in [3.63, 3.8) is 0 Å². The molecule has 0 aromatic heterocycles. The van der Waals surface area contributed by atoms with E-state index in [-0.39, 0.29) is 49.7 Å². The Labute approximate surface area is 313 Å². The molecule has 5 rings (SSSR count). The van der Waals surface area contributed by atoms with Crippen LogP contribution in [0.5, 0.6) is 11.5 Å². The lowest BCUT2D eigenvalue weighted by Gasteiger charge is -2.32. The van der Waals surface area contributed by atoms with Crippen LogP contribution in [0.2, 0.25) is 0 Å². The number of carbonyl (C=O) groups excluding carboxylic acids is 4. The summed E-state index contributed by atoms with van der Waals surface area (Å²) in [4.78, 5) is 52.3. The summed E-state index contributed by atoms with van der Waals surface area (Å²) in [5.41, 5.74) is 0.0560. The summed E-state index contributed by atoms with van der Waals surface area (Å²) in [6, 6.07) is 12.9. The number of nitrogens with zero attached hydrogens (tertiary/aromatic N) is 1. The first kappa shape index (κ1) is 39.9. The highest BCUT2D eigenvalue weighted by Crippen LogP contribution is 2.28. The number of allylic oxidation sites excluding steroid dienone is 2. The lowest BCUT2D eigenvalue weighted by molar-refractivity contribution is -0.162. The van der Waals surface area contributed by atoms with Gasteiger partial charge in [0.1, 0.15) is 19.3 Å². The number of morpholine rings is 1. The van der Waals surface area contributed by atoms with Crippen molar-refractivity contribution in [3.8, 4) is 11.5 Å². The van der Waals surface area contributed by atoms with E-state index < -0.39 is 43.5 Å². The summed E-state index contributed by atoms with van der Waals surface area (Å²) >= 11 is 0. The zero-order valence-electron chi connectivity index (χ0n) is 30.6. The molecule has 0 radical (unpaired) electrons. The number of rotatable bonds is 17. The molecule has 0 spiro atoms. The number of amides is 1. The number of benzene rings is 2. The number of ether oxygens (including phenoxy) is 10. The average molecular weight is 754 g/mol. The number of para-hydroxylation sites is 2. The molecule has 3 atom stereocenters. The molecule has 1 aliphatic carbocycles. The minimum Gasteiger partial charge on any atom is -0.490 e. The lowest BCUT2D eigenvalue weighted by atomic mass is 9.96. The van der Waals surface area contributed by atoms with Crippen molar-refractivity contribution in [2.45, 2.75) is 51.7 Å². The van der Waals surface area contributed by atoms with Crippen LogP contribution in [0.3, 0.4) is 0 Å². The molecule has 2 fully saturated rings. The first-order valence-corrected chi connectivity index (χ1v) is 18.1. The van der Waals surface area contributed by atoms with Gasteiger partial charge in [-0.25, -0.2) is 14.4 Å². The fraction of sp³-hybridized carbons (Fsp3) is 0.487. The topological polar surface area (TPSA) is 164 Å². The molecule has 3 unspecified atom stereocenters. The van der Waals surface area contributed by atoms with Gasteiger partial charge in [-0.3, -0.25) is 4.79 Å². The van der Waals surface area contributed by atoms with Crippen LogP contribution in [0, 0.1) is 5.92 Å². The Hall–Kier alpha value is -5.28. The molecular formula is C39H47NO14. The number of esters is 3. The van der Waals surface area contributed by atoms with Gasteiger partial charge in [-0.2, -0.15) is 0 Å². The molecule has 54 heavy (non-hydrogen) atoms. The molecule has 2 aromatic carbocycles. The third kappa shape index (κ3) is 11.9. The van der Waals surface area contributed by atoms with Crippen molar-refractivity contribution in [3.05, 3.63) is 83.3 Å². The third-order valence-electron chi connectivity index (χ3n) is 8.56. The van der Waals surface area contributed by atoms with Gasteiger partial charge < -0.3 is 52.3 Å². The molecule has 0 bridgehead atoms. The van der Waals surface area contributed by atoms with Crippen LogP contribution in [0.25, 0.3) is 0 Å². The van der Waals surface area contributed by atoms with Crippen molar-refractivity contribution in [2.24, 2.45) is 5.92 Å². The fourth-order valence-corrected chi connectivity index (χ4v) is 5.88. The predicted octanol–water partition coefficient (Wildman–Crippen LogP) is 5.18. The Kier molecular flexibility index (Phi) is 15.4. The molecule has 15 heteroatoms. The molecular weight excluding hydrogens is 706 g/mol. The van der Waals surface area contributed by atoms with Gasteiger partial charge in [-0.05, 0) is 82.0 Å². The van der Waals surface area contributed by atoms with E-state index in [0.717, 1.165) is 12.8 Å². The summed E-state index contributed by atoms with van der Waals surface area (Å²) in [5.74, 6) is -0.0596. The van der Waals surface area contributed by atoms with Crippen molar-refractivity contribution in [1.82, 2.24) is 4.90 Å². The summed E-state index contributed by atoms with van der Waals surface area (Å²) in [7, 11) is 0. The summed E-state index contributed by atoms with van der Waals surface area (Å²) in [6.45, 7) is 5.16. The minimum atomic E-state index is -0.824. The van der Waals surface area contributed by atoms with Gasteiger partial charge in [0.05, 0.1) is 49.5 Å². The third-order valence-corrected chi connectivity index (χ3v) is 8.56. The zero-order valence-corrected chi connectivity index (χ0v) is 30.6. The smallest absolute Gasteiger partial charge is 0.412 e. The number of hydrogen-bond acceptors (Lipinski definition) is 14. The maximum atomic E-state index is 12.8. The number of carbonyl (C=O) groups is 4. The first-order chi connectivity index (χ1) is 26.3. The van der Waals surface area contributed by atoms with Crippen LogP contribution < -0.4 is 9.47 Å². The second-order valence-electron chi connectivity index (χ2n) is 12.4. The lowest BCUT2D eigenvalue weighted by Crippen LogP contribution is -2.47. The Morgan fingerprint density at radius 1 is 0.704 bits per heavy atom. The highest BCUT2D eigenvalue weighted by Gasteiger charge is 2.30. The largest absolute Gasteiger partial charge is 0.490 e. The second-order valence-corrected chi connectivity index (χ2v) is 12.4. The zero-order chi connectivity index (χ0) is 38.1. The molecule has 3 aliphatic rings. The maximum absolute atomic E-state index is 12.8. The predicted molar refractivity (Wildman–Crippen MR) is 189 cm³/mol. The number of hydrogen-bond donors (Lipinski definition) is 0. The SMILES string of the molecule is CCOC1=CCCC=C1OCC1CN(C(=O)OCOC(=O)c2cccc(C(=O)OCOC(=O)C3CCOC(COc4ccccc4OCC)C3)c2)CCO1. The molecule has 0 saturated carbocycles. The Bertz CT molecular complexity index is 1640. The Morgan fingerprint density at radius 2 is 1.33 bits per heavy atom. The van der Waals surface area contributed by atoms with Crippen LogP contribution in [-0.4, -0.2) is 107 Å². The van der Waals surface area contributed by atoms with Gasteiger partial charge in [0.25, 0.3) is 0 Å². The summed E-state index contributed by atoms with van der Waals surface area (Å²) < 4.78 is 55.2. The van der Waals surface area contributed by atoms with E-state index in [1.165, 1.54) is 29.2 Å². The van der Waals surface area contributed by atoms with E-state index in [1.807, 2.05) is 44.2 Å². The van der Waals surface area contributed by atoms with Crippen LogP contribution in [0.15, 0.2) is 72.2 Å². The highest BCUT2D eigenvalue weighted by molar-refractivity contribution is 5.95. The van der Waals surface area contributed by atoms with Gasteiger partial charge >= 0.3 is 24.0 Å². The molecule has 292 valence electrons. The van der Waals surface area contributed by atoms with E-state index in [0.29, 0.717) is 62.2 Å². The van der Waals surface area contributed by atoms with Crippen molar-refractivity contribution in [1.29, 1.82) is 0 Å². The molecule has 2 aromatic rings. The van der Waals surface area contributed by atoms with Crippen LogP contribution >= 0.6 is 0 Å². The minimum absolute atomic E-state index is 0.0258. The van der Waals surface area contributed by atoms with Gasteiger partial charge in [0, 0.05) is 13.2 Å². The normalized spacial score (nSPS) is 19.7. The first-order valence-electron chi connectivity index (χ1n) is 18.1. The van der Waals surface area contributed by atoms with E-state index in [2.05, 4.69) is 0 Å². The van der Waals surface area contributed by atoms with Crippen LogP contribution in [0.4, 0.5) is 4.79 Å². The van der Waals surface area contributed by atoms with Crippen LogP contribution in [0.1, 0.15) is 60.2 Å². The molecule has 15 nitrogen and oxygen atoms in total. The monoisotopic (exact) mass is 753 g/mol. The van der Waals surface area contributed by atoms with Crippen molar-refractivity contribution < 1.29 is 66.5 Å². The second kappa shape index (κ2) is 20.8. The highest BCUT2D eigenvalue weighted by atomic mass is 16.7. The van der Waals surface area contributed by atoms with Crippen LogP contribution in [-0.2, 0) is 42.7 Å². The molecule has 1 amide bonds. The molecule has 2 heterocycles. The standard InChI is InChI=1S/C39H47NO14/c1-3-45-32-12-5-7-14-34(32)49-23-30-21-29(16-18-47-30)38(43)52-25-51-36(41)27-10-9-11-28(20-27)37(42)53-26-54-39(44)40-17-19-48-31(22-40)24-50-35-15-8-6-13-33(35)46-4-2/h5,7,9-15,20,29-31H,3-4,6,8,16-19,21-26H2,1-2H3. The summed E-state index contributed by atoms with van der Waals surface area (Å²) in [5, 5.41) is 0. The van der Waals surface area contributed by atoms with E-state index in [4.69, 9.17) is 47.4 Å². The average Bonchev–Trinajstić information content (AvgIpc) is 3.20. The van der Waals surface area contributed by atoms with Crippen molar-refractivity contribution in [2.75, 3.05) is 66.3 Å². The van der Waals surface area contributed by atoms with Gasteiger partial charge in [0.15, 0.2) is 23.0 Å².